The largest absolute Gasteiger partial charge is 0.493 e. The third-order valence-corrected chi connectivity index (χ3v) is 2.81. The molecule has 18 heavy (non-hydrogen) atoms. The zero-order chi connectivity index (χ0) is 13.0. The molecule has 0 saturated heterocycles. The van der Waals surface area contributed by atoms with Crippen LogP contribution in [0, 0.1) is 6.92 Å². The monoisotopic (exact) mass is 242 g/mol. The fourth-order valence-electron chi connectivity index (χ4n) is 1.78. The zero-order valence-electron chi connectivity index (χ0n) is 10.8. The van der Waals surface area contributed by atoms with Crippen LogP contribution >= 0.6 is 0 Å². The topological polar surface area (TPSA) is 48.1 Å². The van der Waals surface area contributed by atoms with Crippen LogP contribution in [0.2, 0.25) is 0 Å². The van der Waals surface area contributed by atoms with Gasteiger partial charge in [-0.05, 0) is 37.1 Å². The molecule has 0 radical (unpaired) electrons. The van der Waals surface area contributed by atoms with Crippen LogP contribution in [0.15, 0.2) is 36.5 Å². The molecule has 0 aliphatic heterocycles. The summed E-state index contributed by atoms with van der Waals surface area (Å²) >= 11 is 0. The Hall–Kier alpha value is -2.03. The van der Waals surface area contributed by atoms with Crippen LogP contribution < -0.4 is 10.5 Å². The number of benzene rings is 1. The second kappa shape index (κ2) is 5.54. The Morgan fingerprint density at radius 2 is 2.00 bits per heavy atom. The van der Waals surface area contributed by atoms with Gasteiger partial charge in [0.1, 0.15) is 5.75 Å². The number of nitrogens with two attached hydrogens (primary N) is 1. The number of rotatable bonds is 4. The van der Waals surface area contributed by atoms with E-state index >= 15 is 0 Å². The minimum atomic E-state index is 0.697. The van der Waals surface area contributed by atoms with Gasteiger partial charge in [-0.3, -0.25) is 4.98 Å². The molecule has 0 unspecified atom stereocenters. The van der Waals surface area contributed by atoms with E-state index in [0.717, 1.165) is 29.0 Å². The highest BCUT2D eigenvalue weighted by molar-refractivity contribution is 5.78. The molecule has 0 amide bonds. The Morgan fingerprint density at radius 3 is 2.78 bits per heavy atom. The molecule has 0 atom stereocenters. The number of nitrogen functional groups attached to an aromatic ring is 1. The Bertz CT molecular complexity index is 538. The van der Waals surface area contributed by atoms with Crippen LogP contribution in [-0.4, -0.2) is 11.6 Å². The van der Waals surface area contributed by atoms with Gasteiger partial charge in [0.15, 0.2) is 0 Å². The van der Waals surface area contributed by atoms with E-state index in [2.05, 4.69) is 11.9 Å². The Labute approximate surface area is 108 Å². The Kier molecular flexibility index (Phi) is 3.82. The molecule has 2 rings (SSSR count). The first-order chi connectivity index (χ1) is 8.74. The lowest BCUT2D eigenvalue weighted by Crippen LogP contribution is -2.00. The molecule has 0 aliphatic rings. The molecule has 1 aromatic carbocycles. The molecule has 0 fully saturated rings. The van der Waals surface area contributed by atoms with Crippen LogP contribution in [0.5, 0.6) is 5.75 Å². The van der Waals surface area contributed by atoms with Crippen molar-refractivity contribution in [2.45, 2.75) is 20.3 Å². The fourth-order valence-corrected chi connectivity index (χ4v) is 1.78. The van der Waals surface area contributed by atoms with Crippen molar-refractivity contribution in [3.8, 4) is 17.0 Å². The molecule has 3 heteroatoms. The van der Waals surface area contributed by atoms with Crippen molar-refractivity contribution < 1.29 is 4.74 Å². The van der Waals surface area contributed by atoms with E-state index in [-0.39, 0.29) is 0 Å². The van der Waals surface area contributed by atoms with E-state index in [1.807, 2.05) is 37.3 Å². The number of anilines is 1. The first-order valence-electron chi connectivity index (χ1n) is 6.17. The lowest BCUT2D eigenvalue weighted by molar-refractivity contribution is 0.318. The highest BCUT2D eigenvalue weighted by Crippen LogP contribution is 2.33. The lowest BCUT2D eigenvalue weighted by atomic mass is 10.1. The average Bonchev–Trinajstić information content (AvgIpc) is 2.40. The van der Waals surface area contributed by atoms with E-state index in [1.165, 1.54) is 0 Å². The summed E-state index contributed by atoms with van der Waals surface area (Å²) in [5.41, 5.74) is 9.58. The number of ether oxygens (including phenoxy) is 1. The van der Waals surface area contributed by atoms with Crippen molar-refractivity contribution in [2.75, 3.05) is 12.3 Å². The van der Waals surface area contributed by atoms with E-state index < -0.39 is 0 Å². The van der Waals surface area contributed by atoms with Crippen molar-refractivity contribution in [2.24, 2.45) is 0 Å². The maximum absolute atomic E-state index is 6.09. The van der Waals surface area contributed by atoms with Gasteiger partial charge in [-0.1, -0.05) is 19.1 Å². The lowest BCUT2D eigenvalue weighted by Gasteiger charge is -2.12. The minimum Gasteiger partial charge on any atom is -0.493 e. The smallest absolute Gasteiger partial charge is 0.128 e. The number of para-hydroxylation sites is 1. The zero-order valence-corrected chi connectivity index (χ0v) is 10.8. The van der Waals surface area contributed by atoms with E-state index in [9.17, 15) is 0 Å². The summed E-state index contributed by atoms with van der Waals surface area (Å²) in [6, 6.07) is 9.78. The molecular formula is C15H18N2O. The number of pyridine rings is 1. The highest BCUT2D eigenvalue weighted by Gasteiger charge is 2.11. The van der Waals surface area contributed by atoms with Gasteiger partial charge in [-0.15, -0.1) is 0 Å². The second-order valence-corrected chi connectivity index (χ2v) is 4.23. The van der Waals surface area contributed by atoms with Gasteiger partial charge in [0, 0.05) is 11.8 Å². The molecule has 0 saturated carbocycles. The number of nitrogens with zero attached hydrogens (tertiary/aromatic N) is 1. The molecule has 2 N–H and O–H groups in total. The van der Waals surface area contributed by atoms with E-state index in [1.54, 1.807) is 6.20 Å². The van der Waals surface area contributed by atoms with Gasteiger partial charge < -0.3 is 10.5 Å². The summed E-state index contributed by atoms with van der Waals surface area (Å²) in [4.78, 5) is 4.37. The van der Waals surface area contributed by atoms with E-state index in [0.29, 0.717) is 12.3 Å². The Balaban J connectivity index is 2.46. The normalized spacial score (nSPS) is 10.3. The summed E-state index contributed by atoms with van der Waals surface area (Å²) < 4.78 is 5.74. The van der Waals surface area contributed by atoms with Crippen molar-refractivity contribution in [3.05, 3.63) is 42.1 Å². The third kappa shape index (κ3) is 2.45. The van der Waals surface area contributed by atoms with Crippen molar-refractivity contribution in [1.82, 2.24) is 4.98 Å². The number of aryl methyl sites for hydroxylation is 1. The second-order valence-electron chi connectivity index (χ2n) is 4.23. The molecule has 0 aliphatic carbocycles. The molecular weight excluding hydrogens is 224 g/mol. The van der Waals surface area contributed by atoms with Gasteiger partial charge in [-0.2, -0.15) is 0 Å². The first-order valence-corrected chi connectivity index (χ1v) is 6.17. The van der Waals surface area contributed by atoms with Crippen LogP contribution in [-0.2, 0) is 0 Å². The number of hydrogen-bond acceptors (Lipinski definition) is 3. The quantitative estimate of drug-likeness (QED) is 0.893. The molecule has 1 heterocycles. The molecule has 2 aromatic rings. The molecule has 3 nitrogen and oxygen atoms in total. The van der Waals surface area contributed by atoms with Crippen molar-refractivity contribution in [1.29, 1.82) is 0 Å². The third-order valence-electron chi connectivity index (χ3n) is 2.81. The molecule has 0 bridgehead atoms. The van der Waals surface area contributed by atoms with Crippen LogP contribution in [0.25, 0.3) is 11.3 Å². The summed E-state index contributed by atoms with van der Waals surface area (Å²) in [6.45, 7) is 4.76. The standard InChI is InChI=1S/C15H18N2O/c1-3-10-18-13-7-5-4-6-12(13)15-14(16)11(2)8-9-17-15/h4-9H,3,10,16H2,1-2H3. The number of hydrogen-bond donors (Lipinski definition) is 1. The minimum absolute atomic E-state index is 0.697. The maximum Gasteiger partial charge on any atom is 0.128 e. The predicted molar refractivity (Wildman–Crippen MR) is 74.6 cm³/mol. The molecule has 1 aromatic heterocycles. The van der Waals surface area contributed by atoms with Gasteiger partial charge in [0.2, 0.25) is 0 Å². The Morgan fingerprint density at radius 1 is 1.22 bits per heavy atom. The van der Waals surface area contributed by atoms with Gasteiger partial charge in [0.25, 0.3) is 0 Å². The van der Waals surface area contributed by atoms with Crippen LogP contribution in [0.1, 0.15) is 18.9 Å². The summed E-state index contributed by atoms with van der Waals surface area (Å²) in [6.07, 6.45) is 2.75. The predicted octanol–water partition coefficient (Wildman–Crippen LogP) is 3.43. The average molecular weight is 242 g/mol. The number of aromatic nitrogens is 1. The van der Waals surface area contributed by atoms with Gasteiger partial charge >= 0.3 is 0 Å². The van der Waals surface area contributed by atoms with Gasteiger partial charge in [0.05, 0.1) is 18.0 Å². The summed E-state index contributed by atoms with van der Waals surface area (Å²) in [5.74, 6) is 0.837. The SMILES string of the molecule is CCCOc1ccccc1-c1nccc(C)c1N. The van der Waals surface area contributed by atoms with Crippen LogP contribution in [0.3, 0.4) is 0 Å². The summed E-state index contributed by atoms with van der Waals surface area (Å²) in [5, 5.41) is 0. The van der Waals surface area contributed by atoms with Gasteiger partial charge in [-0.25, -0.2) is 0 Å². The maximum atomic E-state index is 6.09. The molecule has 94 valence electrons. The first kappa shape index (κ1) is 12.4. The van der Waals surface area contributed by atoms with E-state index in [4.69, 9.17) is 10.5 Å². The van der Waals surface area contributed by atoms with Crippen molar-refractivity contribution >= 4 is 5.69 Å². The highest BCUT2D eigenvalue weighted by atomic mass is 16.5. The fraction of sp³-hybridized carbons (Fsp3) is 0.267. The van der Waals surface area contributed by atoms with Crippen LogP contribution in [0.4, 0.5) is 5.69 Å². The van der Waals surface area contributed by atoms with Crippen molar-refractivity contribution in [3.63, 3.8) is 0 Å². The summed E-state index contributed by atoms with van der Waals surface area (Å²) in [7, 11) is 0. The molecule has 0 spiro atoms.